The van der Waals surface area contributed by atoms with Crippen molar-refractivity contribution in [2.24, 2.45) is 4.99 Å². The molecule has 0 radical (unpaired) electrons. The maximum Gasteiger partial charge on any atom is 0.216 e. The quantitative estimate of drug-likeness (QED) is 0.745. The van der Waals surface area contributed by atoms with E-state index in [-0.39, 0.29) is 11.7 Å². The zero-order valence-electron chi connectivity index (χ0n) is 13.8. The van der Waals surface area contributed by atoms with Crippen molar-refractivity contribution in [1.82, 2.24) is 9.88 Å². The second kappa shape index (κ2) is 7.90. The number of rotatable bonds is 5. The second-order valence-electron chi connectivity index (χ2n) is 5.47. The number of carbonyl (C=O) groups excluding carboxylic acids is 1. The number of thiazole rings is 1. The third-order valence-electron chi connectivity index (χ3n) is 3.65. The molecule has 0 saturated heterocycles. The Bertz CT molecular complexity index is 931. The van der Waals surface area contributed by atoms with Crippen LogP contribution in [0.2, 0.25) is 0 Å². The van der Waals surface area contributed by atoms with Gasteiger partial charge >= 0.3 is 0 Å². The molecule has 0 saturated carbocycles. The summed E-state index contributed by atoms with van der Waals surface area (Å²) in [6.45, 7) is 2.53. The molecular weight excluding hydrogens is 337 g/mol. The molecule has 0 aliphatic rings. The summed E-state index contributed by atoms with van der Waals surface area (Å²) < 4.78 is 15.9. The molecule has 4 nitrogen and oxygen atoms in total. The summed E-state index contributed by atoms with van der Waals surface area (Å²) in [7, 11) is 0. The summed E-state index contributed by atoms with van der Waals surface area (Å²) >= 11 is 1.45. The van der Waals surface area contributed by atoms with Crippen LogP contribution in [0.25, 0.3) is 11.3 Å². The fourth-order valence-corrected chi connectivity index (χ4v) is 3.41. The van der Waals surface area contributed by atoms with Crippen LogP contribution in [0.1, 0.15) is 6.92 Å². The first-order valence-electron chi connectivity index (χ1n) is 7.92. The summed E-state index contributed by atoms with van der Waals surface area (Å²) in [4.78, 5) is 16.3. The first-order chi connectivity index (χ1) is 12.1. The van der Waals surface area contributed by atoms with E-state index in [0.29, 0.717) is 23.6 Å². The number of nitrogens with one attached hydrogen (secondary N) is 1. The average molecular weight is 355 g/mol. The van der Waals surface area contributed by atoms with E-state index in [9.17, 15) is 9.18 Å². The van der Waals surface area contributed by atoms with Crippen LogP contribution >= 0.6 is 11.3 Å². The van der Waals surface area contributed by atoms with Gasteiger partial charge in [0.1, 0.15) is 11.5 Å². The summed E-state index contributed by atoms with van der Waals surface area (Å²) in [5, 5.41) is 4.80. The number of hydrogen-bond donors (Lipinski definition) is 1. The lowest BCUT2D eigenvalue weighted by Gasteiger charge is -2.09. The molecule has 0 atom stereocenters. The molecular formula is C19H18FN3OS. The standard InChI is InChI=1S/C19H18FN3OS/c1-14(24)21-11-12-23-18(15-7-3-2-4-8-15)13-25-19(23)22-17-10-6-5-9-16(17)20/h2-10,13H,11-12H2,1H3,(H,21,24). The van der Waals surface area contributed by atoms with Gasteiger partial charge < -0.3 is 9.88 Å². The van der Waals surface area contributed by atoms with Crippen LogP contribution in [-0.2, 0) is 11.3 Å². The molecule has 1 amide bonds. The Balaban J connectivity index is 2.04. The number of para-hydroxylation sites is 1. The molecule has 25 heavy (non-hydrogen) atoms. The van der Waals surface area contributed by atoms with E-state index in [4.69, 9.17) is 0 Å². The predicted molar refractivity (Wildman–Crippen MR) is 98.1 cm³/mol. The molecule has 3 rings (SSSR count). The molecule has 6 heteroatoms. The smallest absolute Gasteiger partial charge is 0.216 e. The highest BCUT2D eigenvalue weighted by Gasteiger charge is 2.09. The molecule has 3 aromatic rings. The molecule has 1 heterocycles. The average Bonchev–Trinajstić information content (AvgIpc) is 3.00. The number of hydrogen-bond acceptors (Lipinski definition) is 3. The Labute approximate surface area is 149 Å². The minimum Gasteiger partial charge on any atom is -0.355 e. The normalized spacial score (nSPS) is 11.5. The largest absolute Gasteiger partial charge is 0.355 e. The van der Waals surface area contributed by atoms with E-state index in [2.05, 4.69) is 10.3 Å². The van der Waals surface area contributed by atoms with Crippen LogP contribution in [0.5, 0.6) is 0 Å². The Hall–Kier alpha value is -2.73. The fourth-order valence-electron chi connectivity index (χ4n) is 2.46. The lowest BCUT2D eigenvalue weighted by atomic mass is 10.2. The SMILES string of the molecule is CC(=O)NCCn1c(-c2ccccc2)csc1=Nc1ccccc1F. The number of carbonyl (C=O) groups is 1. The third kappa shape index (κ3) is 4.22. The van der Waals surface area contributed by atoms with Crippen molar-refractivity contribution in [3.05, 3.63) is 70.6 Å². The topological polar surface area (TPSA) is 46.4 Å². The van der Waals surface area contributed by atoms with Crippen molar-refractivity contribution in [2.75, 3.05) is 6.54 Å². The number of aromatic nitrogens is 1. The molecule has 1 N–H and O–H groups in total. The van der Waals surface area contributed by atoms with Crippen LogP contribution in [0.15, 0.2) is 65.0 Å². The van der Waals surface area contributed by atoms with Gasteiger partial charge in [0.2, 0.25) is 5.91 Å². The van der Waals surface area contributed by atoms with E-state index in [1.54, 1.807) is 18.2 Å². The first-order valence-corrected chi connectivity index (χ1v) is 8.80. The minimum absolute atomic E-state index is 0.0790. The van der Waals surface area contributed by atoms with Gasteiger partial charge in [-0.2, -0.15) is 0 Å². The van der Waals surface area contributed by atoms with E-state index < -0.39 is 0 Å². The van der Waals surface area contributed by atoms with Gasteiger partial charge in [0, 0.05) is 25.4 Å². The van der Waals surface area contributed by atoms with Crippen LogP contribution in [0.3, 0.4) is 0 Å². The number of nitrogens with zero attached hydrogens (tertiary/aromatic N) is 2. The number of amides is 1. The van der Waals surface area contributed by atoms with Crippen molar-refractivity contribution >= 4 is 22.9 Å². The van der Waals surface area contributed by atoms with Crippen molar-refractivity contribution in [3.8, 4) is 11.3 Å². The Morgan fingerprint density at radius 1 is 1.16 bits per heavy atom. The Morgan fingerprint density at radius 3 is 2.60 bits per heavy atom. The molecule has 0 bridgehead atoms. The summed E-state index contributed by atoms with van der Waals surface area (Å²) in [6.07, 6.45) is 0. The Kier molecular flexibility index (Phi) is 5.40. The predicted octanol–water partition coefficient (Wildman–Crippen LogP) is 3.72. The first kappa shape index (κ1) is 17.1. The highest BCUT2D eigenvalue weighted by Crippen LogP contribution is 2.21. The zero-order valence-corrected chi connectivity index (χ0v) is 14.6. The number of halogens is 1. The highest BCUT2D eigenvalue weighted by molar-refractivity contribution is 7.07. The van der Waals surface area contributed by atoms with Crippen molar-refractivity contribution in [1.29, 1.82) is 0 Å². The summed E-state index contributed by atoms with van der Waals surface area (Å²) in [6, 6.07) is 16.4. The molecule has 0 fully saturated rings. The fraction of sp³-hybridized carbons (Fsp3) is 0.158. The van der Waals surface area contributed by atoms with Gasteiger partial charge in [0.05, 0.1) is 5.69 Å². The molecule has 1 aromatic heterocycles. The summed E-state index contributed by atoms with van der Waals surface area (Å²) in [5.41, 5.74) is 2.35. The number of benzene rings is 2. The molecule has 128 valence electrons. The van der Waals surface area contributed by atoms with Gasteiger partial charge in [-0.15, -0.1) is 11.3 Å². The van der Waals surface area contributed by atoms with Gasteiger partial charge in [0.25, 0.3) is 0 Å². The lowest BCUT2D eigenvalue weighted by molar-refractivity contribution is -0.118. The van der Waals surface area contributed by atoms with Crippen LogP contribution in [-0.4, -0.2) is 17.0 Å². The molecule has 0 aliphatic carbocycles. The highest BCUT2D eigenvalue weighted by atomic mass is 32.1. The van der Waals surface area contributed by atoms with E-state index in [1.807, 2.05) is 40.3 Å². The summed E-state index contributed by atoms with van der Waals surface area (Å²) in [5.74, 6) is -0.435. The van der Waals surface area contributed by atoms with Crippen molar-refractivity contribution in [2.45, 2.75) is 13.5 Å². The third-order valence-corrected chi connectivity index (χ3v) is 4.51. The van der Waals surface area contributed by atoms with Crippen molar-refractivity contribution in [3.63, 3.8) is 0 Å². The zero-order chi connectivity index (χ0) is 17.6. The van der Waals surface area contributed by atoms with Crippen LogP contribution in [0, 0.1) is 5.82 Å². The van der Waals surface area contributed by atoms with Gasteiger partial charge in [-0.3, -0.25) is 4.79 Å². The maximum absolute atomic E-state index is 13.9. The van der Waals surface area contributed by atoms with Gasteiger partial charge in [-0.25, -0.2) is 9.38 Å². The van der Waals surface area contributed by atoms with Crippen LogP contribution in [0.4, 0.5) is 10.1 Å². The monoisotopic (exact) mass is 355 g/mol. The van der Waals surface area contributed by atoms with Gasteiger partial charge in [0.15, 0.2) is 4.80 Å². The molecule has 2 aromatic carbocycles. The van der Waals surface area contributed by atoms with E-state index >= 15 is 0 Å². The van der Waals surface area contributed by atoms with Gasteiger partial charge in [-0.1, -0.05) is 42.5 Å². The minimum atomic E-state index is -0.356. The van der Waals surface area contributed by atoms with E-state index in [0.717, 1.165) is 11.3 Å². The lowest BCUT2D eigenvalue weighted by Crippen LogP contribution is -2.28. The van der Waals surface area contributed by atoms with Gasteiger partial charge in [-0.05, 0) is 17.7 Å². The van der Waals surface area contributed by atoms with E-state index in [1.165, 1.54) is 24.3 Å². The maximum atomic E-state index is 13.9. The van der Waals surface area contributed by atoms with Crippen LogP contribution < -0.4 is 10.1 Å². The second-order valence-corrected chi connectivity index (χ2v) is 6.30. The van der Waals surface area contributed by atoms with Crippen molar-refractivity contribution < 1.29 is 9.18 Å². The molecule has 0 unspecified atom stereocenters. The molecule has 0 aliphatic heterocycles. The Morgan fingerprint density at radius 2 is 1.88 bits per heavy atom. The molecule has 0 spiro atoms.